The molecule has 1 rings (SSSR count). The molecule has 1 aliphatic heterocycles. The van der Waals surface area contributed by atoms with Gasteiger partial charge in [0.15, 0.2) is 0 Å². The van der Waals surface area contributed by atoms with Crippen molar-refractivity contribution < 1.29 is 4.79 Å². The molecule has 1 heterocycles. The average molecular weight is 185 g/mol. The van der Waals surface area contributed by atoms with E-state index in [0.717, 1.165) is 25.9 Å². The molecule has 0 aromatic rings. The number of piperidine rings is 1. The number of rotatable bonds is 2. The van der Waals surface area contributed by atoms with Crippen LogP contribution in [0.4, 0.5) is 0 Å². The minimum Gasteiger partial charge on any atom is -0.342 e. The van der Waals surface area contributed by atoms with Crippen molar-refractivity contribution >= 4 is 18.5 Å². The summed E-state index contributed by atoms with van der Waals surface area (Å²) in [5, 5.41) is 0. The Kier molecular flexibility index (Phi) is 3.66. The topological polar surface area (TPSA) is 20.3 Å². The molecule has 2 nitrogen and oxygen atoms in total. The SMILES string of the molecule is C=C1CCN(C(=O)CCS)CC1. The minimum atomic E-state index is 0.234. The van der Waals surface area contributed by atoms with Crippen LogP contribution in [0.2, 0.25) is 0 Å². The zero-order chi connectivity index (χ0) is 8.97. The van der Waals surface area contributed by atoms with E-state index in [9.17, 15) is 4.79 Å². The molecule has 0 unspecified atom stereocenters. The van der Waals surface area contributed by atoms with E-state index in [4.69, 9.17) is 0 Å². The summed E-state index contributed by atoms with van der Waals surface area (Å²) in [5.74, 6) is 0.883. The third kappa shape index (κ3) is 2.55. The Hall–Kier alpha value is -0.440. The molecular weight excluding hydrogens is 170 g/mol. The van der Waals surface area contributed by atoms with Gasteiger partial charge in [0.2, 0.25) is 5.91 Å². The van der Waals surface area contributed by atoms with E-state index in [1.165, 1.54) is 5.57 Å². The Labute approximate surface area is 79.0 Å². The van der Waals surface area contributed by atoms with Crippen molar-refractivity contribution in [2.45, 2.75) is 19.3 Å². The molecule has 0 atom stereocenters. The monoisotopic (exact) mass is 185 g/mol. The van der Waals surface area contributed by atoms with Crippen LogP contribution in [-0.4, -0.2) is 29.6 Å². The van der Waals surface area contributed by atoms with E-state index in [1.54, 1.807) is 0 Å². The summed E-state index contributed by atoms with van der Waals surface area (Å²) in [6, 6.07) is 0. The van der Waals surface area contributed by atoms with Gasteiger partial charge in [0, 0.05) is 19.5 Å². The highest BCUT2D eigenvalue weighted by molar-refractivity contribution is 7.80. The zero-order valence-corrected chi connectivity index (χ0v) is 8.15. The van der Waals surface area contributed by atoms with Crippen molar-refractivity contribution in [3.63, 3.8) is 0 Å². The molecule has 68 valence electrons. The molecule has 12 heavy (non-hydrogen) atoms. The summed E-state index contributed by atoms with van der Waals surface area (Å²) in [5.41, 5.74) is 1.27. The standard InChI is InChI=1S/C9H15NOS/c1-8-2-5-10(6-3-8)9(11)4-7-12/h12H,1-7H2. The van der Waals surface area contributed by atoms with Crippen LogP contribution in [0, 0.1) is 0 Å². The van der Waals surface area contributed by atoms with Gasteiger partial charge < -0.3 is 4.90 Å². The molecule has 1 aliphatic rings. The van der Waals surface area contributed by atoms with Gasteiger partial charge in [-0.05, 0) is 18.6 Å². The summed E-state index contributed by atoms with van der Waals surface area (Å²) < 4.78 is 0. The van der Waals surface area contributed by atoms with E-state index in [1.807, 2.05) is 4.90 Å². The molecule has 1 saturated heterocycles. The van der Waals surface area contributed by atoms with Crippen LogP contribution in [0.25, 0.3) is 0 Å². The van der Waals surface area contributed by atoms with Gasteiger partial charge in [0.25, 0.3) is 0 Å². The molecular formula is C9H15NOS. The third-order valence-electron chi connectivity index (χ3n) is 2.15. The smallest absolute Gasteiger partial charge is 0.223 e. The highest BCUT2D eigenvalue weighted by Crippen LogP contribution is 2.14. The minimum absolute atomic E-state index is 0.234. The highest BCUT2D eigenvalue weighted by Gasteiger charge is 2.16. The van der Waals surface area contributed by atoms with Crippen LogP contribution in [0.3, 0.4) is 0 Å². The first-order valence-corrected chi connectivity index (χ1v) is 4.92. The van der Waals surface area contributed by atoms with E-state index in [2.05, 4.69) is 19.2 Å². The van der Waals surface area contributed by atoms with Gasteiger partial charge in [-0.2, -0.15) is 12.6 Å². The molecule has 0 saturated carbocycles. The summed E-state index contributed by atoms with van der Waals surface area (Å²) in [7, 11) is 0. The van der Waals surface area contributed by atoms with Crippen LogP contribution in [-0.2, 0) is 4.79 Å². The second kappa shape index (κ2) is 4.55. The van der Waals surface area contributed by atoms with E-state index in [0.29, 0.717) is 12.2 Å². The summed E-state index contributed by atoms with van der Waals surface area (Å²) >= 11 is 4.03. The lowest BCUT2D eigenvalue weighted by Gasteiger charge is -2.27. The van der Waals surface area contributed by atoms with Gasteiger partial charge in [-0.1, -0.05) is 12.2 Å². The lowest BCUT2D eigenvalue weighted by molar-refractivity contribution is -0.131. The van der Waals surface area contributed by atoms with Crippen LogP contribution in [0.15, 0.2) is 12.2 Å². The Bertz CT molecular complexity index is 181. The van der Waals surface area contributed by atoms with E-state index >= 15 is 0 Å². The number of hydrogen-bond donors (Lipinski definition) is 1. The fourth-order valence-corrected chi connectivity index (χ4v) is 1.52. The van der Waals surface area contributed by atoms with Crippen molar-refractivity contribution in [1.82, 2.24) is 4.90 Å². The summed E-state index contributed by atoms with van der Waals surface area (Å²) in [4.78, 5) is 13.3. The molecule has 0 aliphatic carbocycles. The molecule has 0 spiro atoms. The maximum absolute atomic E-state index is 11.4. The van der Waals surface area contributed by atoms with Gasteiger partial charge in [0.1, 0.15) is 0 Å². The largest absolute Gasteiger partial charge is 0.342 e. The highest BCUT2D eigenvalue weighted by atomic mass is 32.1. The number of carbonyl (C=O) groups excluding carboxylic acids is 1. The Morgan fingerprint density at radius 3 is 2.58 bits per heavy atom. The maximum Gasteiger partial charge on any atom is 0.223 e. The first kappa shape index (κ1) is 9.65. The molecule has 0 bridgehead atoms. The Balaban J connectivity index is 2.33. The van der Waals surface area contributed by atoms with Crippen LogP contribution < -0.4 is 0 Å². The zero-order valence-electron chi connectivity index (χ0n) is 7.25. The molecule has 0 N–H and O–H groups in total. The quantitative estimate of drug-likeness (QED) is 0.510. The van der Waals surface area contributed by atoms with Gasteiger partial charge in [0.05, 0.1) is 0 Å². The normalized spacial score (nSPS) is 18.1. The van der Waals surface area contributed by atoms with Crippen molar-refractivity contribution in [3.05, 3.63) is 12.2 Å². The number of likely N-dealkylation sites (tertiary alicyclic amines) is 1. The molecule has 0 aromatic carbocycles. The lowest BCUT2D eigenvalue weighted by atomic mass is 10.1. The molecule has 0 aromatic heterocycles. The van der Waals surface area contributed by atoms with Gasteiger partial charge >= 0.3 is 0 Å². The second-order valence-electron chi connectivity index (χ2n) is 3.10. The maximum atomic E-state index is 11.4. The first-order valence-electron chi connectivity index (χ1n) is 4.29. The molecule has 0 radical (unpaired) electrons. The fourth-order valence-electron chi connectivity index (χ4n) is 1.33. The number of hydrogen-bond acceptors (Lipinski definition) is 2. The Morgan fingerprint density at radius 1 is 1.50 bits per heavy atom. The predicted octanol–water partition coefficient (Wildman–Crippen LogP) is 1.48. The van der Waals surface area contributed by atoms with Crippen molar-refractivity contribution in [3.8, 4) is 0 Å². The van der Waals surface area contributed by atoms with Crippen molar-refractivity contribution in [2.75, 3.05) is 18.8 Å². The molecule has 1 amide bonds. The lowest BCUT2D eigenvalue weighted by Crippen LogP contribution is -2.36. The van der Waals surface area contributed by atoms with Crippen LogP contribution in [0.1, 0.15) is 19.3 Å². The first-order chi connectivity index (χ1) is 5.74. The average Bonchev–Trinajstić information content (AvgIpc) is 2.06. The van der Waals surface area contributed by atoms with E-state index < -0.39 is 0 Å². The van der Waals surface area contributed by atoms with Crippen molar-refractivity contribution in [1.29, 1.82) is 0 Å². The third-order valence-corrected chi connectivity index (χ3v) is 2.37. The van der Waals surface area contributed by atoms with Crippen molar-refractivity contribution in [2.24, 2.45) is 0 Å². The van der Waals surface area contributed by atoms with Gasteiger partial charge in [-0.25, -0.2) is 0 Å². The predicted molar refractivity (Wildman–Crippen MR) is 53.4 cm³/mol. The van der Waals surface area contributed by atoms with Gasteiger partial charge in [-0.15, -0.1) is 0 Å². The summed E-state index contributed by atoms with van der Waals surface area (Å²) in [6.07, 6.45) is 2.51. The number of amides is 1. The fraction of sp³-hybridized carbons (Fsp3) is 0.667. The van der Waals surface area contributed by atoms with Crippen LogP contribution in [0.5, 0.6) is 0 Å². The van der Waals surface area contributed by atoms with Gasteiger partial charge in [-0.3, -0.25) is 4.79 Å². The van der Waals surface area contributed by atoms with Crippen LogP contribution >= 0.6 is 12.6 Å². The Morgan fingerprint density at radius 2 is 2.08 bits per heavy atom. The second-order valence-corrected chi connectivity index (χ2v) is 3.55. The number of nitrogens with zero attached hydrogens (tertiary/aromatic N) is 1. The number of thiol groups is 1. The summed E-state index contributed by atoms with van der Waals surface area (Å²) in [6.45, 7) is 5.61. The van der Waals surface area contributed by atoms with E-state index in [-0.39, 0.29) is 5.91 Å². The molecule has 3 heteroatoms. The number of carbonyl (C=O) groups is 1. The molecule has 1 fully saturated rings.